The van der Waals surface area contributed by atoms with Crippen LogP contribution in [0.15, 0.2) is 47.3 Å². The minimum absolute atomic E-state index is 0.286. The van der Waals surface area contributed by atoms with Gasteiger partial charge in [0, 0.05) is 23.8 Å². The van der Waals surface area contributed by atoms with Crippen LogP contribution in [0.2, 0.25) is 15.1 Å². The summed E-state index contributed by atoms with van der Waals surface area (Å²) in [7, 11) is 0. The highest BCUT2D eigenvalue weighted by Crippen LogP contribution is 2.27. The van der Waals surface area contributed by atoms with Crippen molar-refractivity contribution in [3.63, 3.8) is 0 Å². The number of rotatable bonds is 7. The number of nitrogens with one attached hydrogen (secondary N) is 2. The molecular formula is C17H15Cl3N4OS. The lowest BCUT2D eigenvalue weighted by atomic mass is 10.2. The van der Waals surface area contributed by atoms with Crippen molar-refractivity contribution in [1.82, 2.24) is 14.3 Å². The van der Waals surface area contributed by atoms with Crippen LogP contribution in [0.5, 0.6) is 0 Å². The number of aromatic nitrogens is 2. The highest BCUT2D eigenvalue weighted by molar-refractivity contribution is 7.10. The van der Waals surface area contributed by atoms with Gasteiger partial charge in [-0.05, 0) is 47.4 Å². The quantitative estimate of drug-likeness (QED) is 0.530. The molecule has 1 aromatic heterocycles. The van der Waals surface area contributed by atoms with E-state index in [0.29, 0.717) is 39.8 Å². The van der Waals surface area contributed by atoms with Gasteiger partial charge in [-0.1, -0.05) is 46.9 Å². The molecule has 26 heavy (non-hydrogen) atoms. The van der Waals surface area contributed by atoms with Crippen LogP contribution in [0, 0.1) is 0 Å². The lowest BCUT2D eigenvalue weighted by Gasteiger charge is -2.05. The molecular weight excluding hydrogens is 415 g/mol. The molecule has 0 bridgehead atoms. The van der Waals surface area contributed by atoms with Crippen LogP contribution in [-0.4, -0.2) is 15.5 Å². The Labute approximate surface area is 169 Å². The van der Waals surface area contributed by atoms with Crippen LogP contribution in [-0.2, 0) is 13.1 Å². The molecule has 0 saturated carbocycles. The van der Waals surface area contributed by atoms with E-state index in [4.69, 9.17) is 34.8 Å². The van der Waals surface area contributed by atoms with Gasteiger partial charge in [0.25, 0.3) is 0 Å². The maximum Gasteiger partial charge on any atom is 0.359 e. The van der Waals surface area contributed by atoms with Crippen molar-refractivity contribution < 1.29 is 0 Å². The van der Waals surface area contributed by atoms with Gasteiger partial charge < -0.3 is 10.6 Å². The third-order valence-electron chi connectivity index (χ3n) is 3.51. The van der Waals surface area contributed by atoms with Crippen LogP contribution in [0.3, 0.4) is 0 Å². The van der Waals surface area contributed by atoms with Crippen LogP contribution in [0.25, 0.3) is 0 Å². The molecule has 2 aromatic carbocycles. The van der Waals surface area contributed by atoms with Crippen molar-refractivity contribution in [2.24, 2.45) is 0 Å². The molecule has 9 heteroatoms. The molecule has 0 spiro atoms. The van der Waals surface area contributed by atoms with Crippen LogP contribution in [0.1, 0.15) is 5.56 Å². The lowest BCUT2D eigenvalue weighted by molar-refractivity contribution is 0.610. The summed E-state index contributed by atoms with van der Waals surface area (Å²) >= 11 is 19.0. The second-order valence-corrected chi connectivity index (χ2v) is 7.71. The van der Waals surface area contributed by atoms with E-state index in [9.17, 15) is 4.79 Å². The second-order valence-electron chi connectivity index (χ2n) is 5.45. The summed E-state index contributed by atoms with van der Waals surface area (Å²) in [4.78, 5) is 16.0. The van der Waals surface area contributed by atoms with Crippen LogP contribution in [0.4, 0.5) is 10.8 Å². The van der Waals surface area contributed by atoms with Gasteiger partial charge >= 0.3 is 5.69 Å². The molecule has 3 rings (SSSR count). The fourth-order valence-electron chi connectivity index (χ4n) is 2.21. The number of halogens is 3. The Morgan fingerprint density at radius 1 is 1.04 bits per heavy atom. The molecule has 1 heterocycles. The van der Waals surface area contributed by atoms with E-state index in [2.05, 4.69) is 15.6 Å². The maximum absolute atomic E-state index is 12.0. The topological polar surface area (TPSA) is 59.0 Å². The van der Waals surface area contributed by atoms with Crippen molar-refractivity contribution in [3.05, 3.63) is 73.6 Å². The summed E-state index contributed by atoms with van der Waals surface area (Å²) in [6.07, 6.45) is 0. The molecule has 2 N–H and O–H groups in total. The molecule has 0 aliphatic carbocycles. The molecule has 0 atom stereocenters. The highest BCUT2D eigenvalue weighted by atomic mass is 35.5. The molecule has 5 nitrogen and oxygen atoms in total. The van der Waals surface area contributed by atoms with Crippen molar-refractivity contribution in [2.75, 3.05) is 11.9 Å². The average Bonchev–Trinajstić information content (AvgIpc) is 2.96. The predicted molar refractivity (Wildman–Crippen MR) is 109 cm³/mol. The molecule has 136 valence electrons. The molecule has 0 unspecified atom stereocenters. The largest absolute Gasteiger partial charge is 0.359 e. The van der Waals surface area contributed by atoms with Gasteiger partial charge in [0.2, 0.25) is 5.13 Å². The molecule has 0 aliphatic rings. The van der Waals surface area contributed by atoms with Gasteiger partial charge in [-0.2, -0.15) is 4.98 Å². The third-order valence-corrected chi connectivity index (χ3v) is 5.43. The Morgan fingerprint density at radius 3 is 2.54 bits per heavy atom. The van der Waals surface area contributed by atoms with E-state index < -0.39 is 0 Å². The summed E-state index contributed by atoms with van der Waals surface area (Å²) < 4.78 is 1.59. The van der Waals surface area contributed by atoms with Crippen LogP contribution >= 0.6 is 46.3 Å². The molecule has 0 fully saturated rings. The second kappa shape index (κ2) is 8.88. The summed E-state index contributed by atoms with van der Waals surface area (Å²) in [5.74, 6) is 0. The van der Waals surface area contributed by atoms with Gasteiger partial charge in [-0.15, -0.1) is 0 Å². The first-order chi connectivity index (χ1) is 12.5. The fourth-order valence-corrected chi connectivity index (χ4v) is 3.43. The zero-order valence-corrected chi connectivity index (χ0v) is 16.6. The Bertz CT molecular complexity index is 940. The molecule has 0 saturated heterocycles. The Morgan fingerprint density at radius 2 is 1.81 bits per heavy atom. The van der Waals surface area contributed by atoms with E-state index >= 15 is 0 Å². The van der Waals surface area contributed by atoms with Gasteiger partial charge in [0.1, 0.15) is 0 Å². The number of benzene rings is 2. The predicted octanol–water partition coefficient (Wildman–Crippen LogP) is 4.80. The summed E-state index contributed by atoms with van der Waals surface area (Å²) in [5, 5.41) is 8.49. The van der Waals surface area contributed by atoms with Gasteiger partial charge in [-0.3, -0.25) is 0 Å². The number of hydrogen-bond donors (Lipinski definition) is 2. The zero-order valence-electron chi connectivity index (χ0n) is 13.5. The van der Waals surface area contributed by atoms with E-state index in [1.807, 2.05) is 24.3 Å². The van der Waals surface area contributed by atoms with Crippen molar-refractivity contribution in [3.8, 4) is 0 Å². The fraction of sp³-hybridized carbons (Fsp3) is 0.176. The smallest absolute Gasteiger partial charge is 0.330 e. The standard InChI is InChI=1S/C17H15Cl3N4OS/c18-12-3-1-11(2-4-12)10-21-7-8-24-17(25)23-16(26-24)22-13-5-6-14(19)15(20)9-13/h1-6,9,21H,7-8,10H2,(H,22,23,25). The maximum atomic E-state index is 12.0. The number of anilines is 2. The molecule has 0 amide bonds. The van der Waals surface area contributed by atoms with Gasteiger partial charge in [0.05, 0.1) is 16.6 Å². The minimum Gasteiger partial charge on any atom is -0.330 e. The van der Waals surface area contributed by atoms with E-state index in [0.717, 1.165) is 11.3 Å². The minimum atomic E-state index is -0.286. The van der Waals surface area contributed by atoms with Crippen molar-refractivity contribution in [1.29, 1.82) is 0 Å². The SMILES string of the molecule is O=c1nc(Nc2ccc(Cl)c(Cl)c2)sn1CCNCc1ccc(Cl)cc1. The first-order valence-electron chi connectivity index (χ1n) is 7.76. The van der Waals surface area contributed by atoms with Crippen LogP contribution < -0.4 is 16.3 Å². The normalized spacial score (nSPS) is 10.9. The van der Waals surface area contributed by atoms with E-state index in [1.54, 1.807) is 22.2 Å². The van der Waals surface area contributed by atoms with E-state index in [-0.39, 0.29) is 5.69 Å². The number of hydrogen-bond acceptors (Lipinski definition) is 5. The van der Waals surface area contributed by atoms with Gasteiger partial charge in [0.15, 0.2) is 0 Å². The summed E-state index contributed by atoms with van der Waals surface area (Å²) in [6, 6.07) is 12.8. The summed E-state index contributed by atoms with van der Waals surface area (Å²) in [6.45, 7) is 1.89. The zero-order chi connectivity index (χ0) is 18.5. The van der Waals surface area contributed by atoms with Gasteiger partial charge in [-0.25, -0.2) is 8.75 Å². The van der Waals surface area contributed by atoms with Crippen molar-refractivity contribution in [2.45, 2.75) is 13.1 Å². The molecule has 0 aliphatic heterocycles. The first kappa shape index (κ1) is 19.2. The average molecular weight is 430 g/mol. The third kappa shape index (κ3) is 5.22. The Hall–Kier alpha value is -1.57. The monoisotopic (exact) mass is 428 g/mol. The highest BCUT2D eigenvalue weighted by Gasteiger charge is 2.07. The number of nitrogens with zero attached hydrogens (tertiary/aromatic N) is 2. The lowest BCUT2D eigenvalue weighted by Crippen LogP contribution is -2.24. The van der Waals surface area contributed by atoms with Crippen molar-refractivity contribution >= 4 is 57.2 Å². The van der Waals surface area contributed by atoms with E-state index in [1.165, 1.54) is 11.5 Å². The molecule has 0 radical (unpaired) electrons. The Kier molecular flexibility index (Phi) is 6.56. The first-order valence-corrected chi connectivity index (χ1v) is 9.67. The Balaban J connectivity index is 1.53. The molecule has 3 aromatic rings. The summed E-state index contributed by atoms with van der Waals surface area (Å²) in [5.41, 5.74) is 1.57.